The van der Waals surface area contributed by atoms with E-state index in [0.29, 0.717) is 24.1 Å². The summed E-state index contributed by atoms with van der Waals surface area (Å²) < 4.78 is 86.8. The van der Waals surface area contributed by atoms with Crippen molar-refractivity contribution < 1.29 is 35.5 Å². The number of nitrogens with two attached hydrogens (primary N) is 1. The van der Waals surface area contributed by atoms with E-state index in [1.54, 1.807) is 0 Å². The second kappa shape index (κ2) is 9.13. The second-order valence-electron chi connectivity index (χ2n) is 9.26. The van der Waals surface area contributed by atoms with Crippen LogP contribution in [0.25, 0.3) is 0 Å². The number of nitrogens with zero attached hydrogens (tertiary/aromatic N) is 2. The molecule has 2 heterocycles. The zero-order valence-corrected chi connectivity index (χ0v) is 18.7. The molecule has 5 rings (SSSR count). The van der Waals surface area contributed by atoms with Crippen LogP contribution in [0.3, 0.4) is 0 Å². The molecular weight excluding hydrogens is 495 g/mol. The van der Waals surface area contributed by atoms with E-state index >= 15 is 0 Å². The number of hydrogen-bond acceptors (Lipinski definition) is 4. The monoisotopic (exact) mass is 517 g/mol. The number of carbonyl (C=O) groups excluding carboxylic acids is 1. The Labute approximate surface area is 201 Å². The number of amides is 1. The van der Waals surface area contributed by atoms with E-state index in [0.717, 1.165) is 31.2 Å². The first kappa shape index (κ1) is 26.1. The molecule has 194 valence electrons. The lowest BCUT2D eigenvalue weighted by Crippen LogP contribution is -2.39. The van der Waals surface area contributed by atoms with Crippen molar-refractivity contribution in [2.45, 2.75) is 68.1 Å². The lowest BCUT2D eigenvalue weighted by atomic mass is 9.83. The maximum Gasteiger partial charge on any atom is 0.416 e. The Morgan fingerprint density at radius 3 is 2.06 bits per heavy atom. The van der Waals surface area contributed by atoms with Gasteiger partial charge in [0, 0.05) is 5.92 Å². The van der Waals surface area contributed by atoms with Crippen LogP contribution in [0.5, 0.6) is 0 Å². The summed E-state index contributed by atoms with van der Waals surface area (Å²) in [4.78, 5) is 24.0. The summed E-state index contributed by atoms with van der Waals surface area (Å²) in [7, 11) is 0. The highest BCUT2D eigenvalue weighted by molar-refractivity contribution is 5.89. The van der Waals surface area contributed by atoms with Crippen LogP contribution in [0.2, 0.25) is 0 Å². The fraction of sp³-hybridized carbons (Fsp3) is 0.458. The summed E-state index contributed by atoms with van der Waals surface area (Å²) in [6, 6.07) is 7.73. The van der Waals surface area contributed by atoms with Crippen LogP contribution in [0, 0.1) is 10.7 Å². The van der Waals surface area contributed by atoms with Gasteiger partial charge in [-0.15, -0.1) is 0 Å². The molecule has 3 aliphatic rings. The number of fused-ring (bicyclic) bond motifs is 3. The molecule has 2 aromatic carbocycles. The highest BCUT2D eigenvalue weighted by atomic mass is 19.4. The third kappa shape index (κ3) is 4.70. The molecule has 1 saturated carbocycles. The maximum atomic E-state index is 13.0. The molecule has 2 saturated heterocycles. The molecule has 3 fully saturated rings. The van der Waals surface area contributed by atoms with Gasteiger partial charge in [0.25, 0.3) is 0 Å². The normalized spacial score (nSPS) is 27.1. The third-order valence-corrected chi connectivity index (χ3v) is 7.14. The number of carbonyl (C=O) groups is 1. The Hall–Kier alpha value is -3.02. The predicted molar refractivity (Wildman–Crippen MR) is 115 cm³/mol. The summed E-state index contributed by atoms with van der Waals surface area (Å²) in [6.45, 7) is -0.743. The average molecular weight is 517 g/mol. The Bertz CT molecular complexity index is 1120. The van der Waals surface area contributed by atoms with Crippen LogP contribution in [0.15, 0.2) is 47.6 Å². The molecule has 1 amide bonds. The highest BCUT2D eigenvalue weighted by Gasteiger charge is 2.73. The van der Waals surface area contributed by atoms with E-state index in [2.05, 4.69) is 5.18 Å². The van der Waals surface area contributed by atoms with Gasteiger partial charge >= 0.3 is 12.4 Å². The van der Waals surface area contributed by atoms with Crippen molar-refractivity contribution in [1.29, 1.82) is 0 Å². The zero-order chi connectivity index (χ0) is 26.5. The van der Waals surface area contributed by atoms with Gasteiger partial charge in [0.1, 0.15) is 12.4 Å². The van der Waals surface area contributed by atoms with Crippen molar-refractivity contribution in [2.75, 3.05) is 0 Å². The topological polar surface area (TPSA) is 75.5 Å². The van der Waals surface area contributed by atoms with Crippen molar-refractivity contribution in [2.24, 2.45) is 10.9 Å². The summed E-state index contributed by atoms with van der Waals surface area (Å²) >= 11 is 0. The molecule has 1 aliphatic carbocycles. The summed E-state index contributed by atoms with van der Waals surface area (Å²) in [5, 5.41) is 2.27. The van der Waals surface area contributed by atoms with Gasteiger partial charge in [-0.3, -0.25) is 4.79 Å². The molecule has 2 aromatic rings. The number of halogens is 7. The second-order valence-corrected chi connectivity index (χ2v) is 9.26. The summed E-state index contributed by atoms with van der Waals surface area (Å²) in [5.41, 5.74) is 3.65. The van der Waals surface area contributed by atoms with Gasteiger partial charge in [-0.2, -0.15) is 31.2 Å². The number of hydrogen-bond donors (Lipinski definition) is 1. The van der Waals surface area contributed by atoms with Gasteiger partial charge in [0.2, 0.25) is 5.91 Å². The van der Waals surface area contributed by atoms with Gasteiger partial charge < -0.3 is 10.6 Å². The van der Waals surface area contributed by atoms with E-state index < -0.39 is 35.6 Å². The van der Waals surface area contributed by atoms with Crippen LogP contribution >= 0.6 is 0 Å². The number of piperidine rings is 1. The average Bonchev–Trinajstić information content (AvgIpc) is 3.04. The van der Waals surface area contributed by atoms with E-state index in [-0.39, 0.29) is 29.4 Å². The van der Waals surface area contributed by atoms with Crippen molar-refractivity contribution in [3.8, 4) is 0 Å². The Morgan fingerprint density at radius 2 is 1.58 bits per heavy atom. The SMILES string of the molecule is NC1CC2N(C1=O)C21CCCC1c1ccc(F)cc1.O=NCc1cc(C(F)(F)F)cc(C(F)(F)F)c1. The van der Waals surface area contributed by atoms with E-state index in [4.69, 9.17) is 5.73 Å². The van der Waals surface area contributed by atoms with Gasteiger partial charge in [-0.25, -0.2) is 4.39 Å². The van der Waals surface area contributed by atoms with Crippen molar-refractivity contribution in [3.63, 3.8) is 0 Å². The minimum Gasteiger partial charge on any atom is -0.328 e. The van der Waals surface area contributed by atoms with E-state index in [1.807, 2.05) is 17.0 Å². The fourth-order valence-corrected chi connectivity index (χ4v) is 5.63. The smallest absolute Gasteiger partial charge is 0.328 e. The number of alkyl halides is 6. The molecule has 2 N–H and O–H groups in total. The predicted octanol–water partition coefficient (Wildman–Crippen LogP) is 5.76. The first-order chi connectivity index (χ1) is 16.8. The number of nitroso groups, excluding NO2 is 1. The molecule has 0 bridgehead atoms. The minimum absolute atomic E-state index is 0.00474. The van der Waals surface area contributed by atoms with Crippen LogP contribution in [-0.4, -0.2) is 28.4 Å². The van der Waals surface area contributed by atoms with Crippen LogP contribution < -0.4 is 5.73 Å². The van der Waals surface area contributed by atoms with Crippen LogP contribution in [0.1, 0.15) is 53.9 Å². The third-order valence-electron chi connectivity index (χ3n) is 7.14. The molecular formula is C24H22F7N3O2. The Morgan fingerprint density at radius 1 is 1.00 bits per heavy atom. The van der Waals surface area contributed by atoms with E-state index in [9.17, 15) is 40.4 Å². The van der Waals surface area contributed by atoms with Crippen molar-refractivity contribution in [1.82, 2.24) is 4.90 Å². The Kier molecular flexibility index (Phi) is 6.61. The van der Waals surface area contributed by atoms with Crippen LogP contribution in [-0.2, 0) is 23.7 Å². The maximum absolute atomic E-state index is 13.0. The van der Waals surface area contributed by atoms with Gasteiger partial charge in [-0.05, 0) is 60.7 Å². The molecule has 5 nitrogen and oxygen atoms in total. The standard InChI is InChI=1S/C15H17FN2O.C9H5F6NO/c16-10-5-3-9(4-6-10)11-2-1-7-15(11)13-8-12(17)14(19)18(13)15;10-8(11,12)6-1-5(4-16-17)2-7(3-6)9(13,14)15/h3-6,11-13H,1-2,7-8,17H2;1-3H,4H2. The van der Waals surface area contributed by atoms with Gasteiger partial charge in [0.15, 0.2) is 0 Å². The minimum atomic E-state index is -4.90. The summed E-state index contributed by atoms with van der Waals surface area (Å²) in [6.07, 6.45) is -5.73. The molecule has 36 heavy (non-hydrogen) atoms. The summed E-state index contributed by atoms with van der Waals surface area (Å²) in [5.74, 6) is 0.263. The molecule has 2 aliphatic heterocycles. The lowest BCUT2D eigenvalue weighted by molar-refractivity contribution is -0.143. The van der Waals surface area contributed by atoms with Gasteiger partial charge in [0.05, 0.1) is 28.7 Å². The first-order valence-corrected chi connectivity index (χ1v) is 11.2. The molecule has 0 radical (unpaired) electrons. The van der Waals surface area contributed by atoms with Gasteiger partial charge in [-0.1, -0.05) is 23.7 Å². The zero-order valence-electron chi connectivity index (χ0n) is 18.7. The molecule has 4 atom stereocenters. The van der Waals surface area contributed by atoms with Crippen LogP contribution in [0.4, 0.5) is 30.7 Å². The lowest BCUT2D eigenvalue weighted by Gasteiger charge is -2.23. The highest BCUT2D eigenvalue weighted by Crippen LogP contribution is 2.63. The van der Waals surface area contributed by atoms with Crippen molar-refractivity contribution >= 4 is 5.91 Å². The quantitative estimate of drug-likeness (QED) is 0.319. The fourth-order valence-electron chi connectivity index (χ4n) is 5.63. The number of benzene rings is 2. The largest absolute Gasteiger partial charge is 0.416 e. The first-order valence-electron chi connectivity index (χ1n) is 11.2. The Balaban J connectivity index is 0.000000171. The molecule has 12 heteroatoms. The van der Waals surface area contributed by atoms with Crippen molar-refractivity contribution in [3.05, 3.63) is 75.4 Å². The van der Waals surface area contributed by atoms with E-state index in [1.165, 1.54) is 12.1 Å². The molecule has 0 aromatic heterocycles. The number of rotatable bonds is 3. The molecule has 1 spiro atoms. The molecule has 4 unspecified atom stereocenters.